The first-order valence-electron chi connectivity index (χ1n) is 8.61. The first kappa shape index (κ1) is 20.0. The molecule has 0 aliphatic heterocycles. The molecule has 0 atom stereocenters. The van der Waals surface area contributed by atoms with E-state index in [9.17, 15) is 19.7 Å². The summed E-state index contributed by atoms with van der Waals surface area (Å²) in [5, 5.41) is 10.9. The number of hydrazine groups is 1. The van der Waals surface area contributed by atoms with Crippen molar-refractivity contribution in [3.8, 4) is 0 Å². The Labute approximate surface area is 171 Å². The van der Waals surface area contributed by atoms with Gasteiger partial charge in [0.15, 0.2) is 0 Å². The smallest absolute Gasteiger partial charge is 0.271 e. The largest absolute Gasteiger partial charge is 0.272 e. The van der Waals surface area contributed by atoms with Crippen LogP contribution in [0.1, 0.15) is 27.4 Å². The highest BCUT2D eigenvalue weighted by Gasteiger charge is 2.24. The van der Waals surface area contributed by atoms with Crippen LogP contribution < -0.4 is 10.9 Å². The Morgan fingerprint density at radius 3 is 1.93 bits per heavy atom. The molecular weight excluding hydrogens is 394 g/mol. The lowest BCUT2D eigenvalue weighted by molar-refractivity contribution is -0.384. The Bertz CT molecular complexity index is 1000. The number of nitro groups is 1. The van der Waals surface area contributed by atoms with Crippen molar-refractivity contribution in [3.63, 3.8) is 0 Å². The topological polar surface area (TPSA) is 101 Å². The molecule has 0 radical (unpaired) electrons. The van der Waals surface area contributed by atoms with E-state index in [4.69, 9.17) is 11.6 Å². The zero-order valence-electron chi connectivity index (χ0n) is 15.0. The van der Waals surface area contributed by atoms with Crippen molar-refractivity contribution in [2.75, 3.05) is 0 Å². The molecule has 3 aromatic rings. The zero-order chi connectivity index (χ0) is 20.8. The molecule has 7 nitrogen and oxygen atoms in total. The summed E-state index contributed by atoms with van der Waals surface area (Å²) in [4.78, 5) is 35.6. The lowest BCUT2D eigenvalue weighted by atomic mass is 9.91. The average Bonchev–Trinajstić information content (AvgIpc) is 2.74. The summed E-state index contributed by atoms with van der Waals surface area (Å²) in [6.07, 6.45) is 0. The second-order valence-corrected chi connectivity index (χ2v) is 6.53. The van der Waals surface area contributed by atoms with Crippen LogP contribution in [-0.2, 0) is 4.79 Å². The van der Waals surface area contributed by atoms with Crippen molar-refractivity contribution < 1.29 is 14.5 Å². The van der Waals surface area contributed by atoms with Gasteiger partial charge in [0.2, 0.25) is 5.91 Å². The Morgan fingerprint density at radius 1 is 0.862 bits per heavy atom. The third-order valence-corrected chi connectivity index (χ3v) is 4.56. The van der Waals surface area contributed by atoms with Gasteiger partial charge >= 0.3 is 0 Å². The fourth-order valence-electron chi connectivity index (χ4n) is 2.84. The Morgan fingerprint density at radius 2 is 1.41 bits per heavy atom. The van der Waals surface area contributed by atoms with E-state index in [1.807, 2.05) is 60.7 Å². The van der Waals surface area contributed by atoms with Gasteiger partial charge in [-0.15, -0.1) is 0 Å². The first-order valence-corrected chi connectivity index (χ1v) is 8.99. The van der Waals surface area contributed by atoms with Gasteiger partial charge in [-0.05, 0) is 17.2 Å². The van der Waals surface area contributed by atoms with Gasteiger partial charge in [0, 0.05) is 12.1 Å². The minimum absolute atomic E-state index is 0.0324. The van der Waals surface area contributed by atoms with Crippen molar-refractivity contribution in [2.24, 2.45) is 0 Å². The van der Waals surface area contributed by atoms with Crippen LogP contribution in [0, 0.1) is 10.1 Å². The maximum absolute atomic E-state index is 12.9. The zero-order valence-corrected chi connectivity index (χ0v) is 15.8. The summed E-state index contributed by atoms with van der Waals surface area (Å²) < 4.78 is 0. The van der Waals surface area contributed by atoms with E-state index in [1.54, 1.807) is 0 Å². The monoisotopic (exact) mass is 409 g/mol. The lowest BCUT2D eigenvalue weighted by Gasteiger charge is -2.18. The minimum Gasteiger partial charge on any atom is -0.272 e. The van der Waals surface area contributed by atoms with Gasteiger partial charge < -0.3 is 0 Å². The fraction of sp³-hybridized carbons (Fsp3) is 0.0476. The molecular formula is C21H16ClN3O4. The molecule has 0 unspecified atom stereocenters. The number of benzene rings is 3. The van der Waals surface area contributed by atoms with Crippen LogP contribution in [0.3, 0.4) is 0 Å². The van der Waals surface area contributed by atoms with Crippen LogP contribution in [0.2, 0.25) is 5.02 Å². The van der Waals surface area contributed by atoms with Crippen molar-refractivity contribution in [3.05, 3.63) is 111 Å². The normalized spacial score (nSPS) is 10.4. The number of hydrogen-bond acceptors (Lipinski definition) is 4. The Hall–Kier alpha value is -3.71. The van der Waals surface area contributed by atoms with E-state index in [-0.39, 0.29) is 16.3 Å². The number of rotatable bonds is 5. The molecule has 0 aliphatic rings. The molecule has 3 rings (SSSR count). The molecule has 146 valence electrons. The predicted molar refractivity (Wildman–Crippen MR) is 108 cm³/mol. The van der Waals surface area contributed by atoms with Crippen molar-refractivity contribution >= 4 is 29.1 Å². The summed E-state index contributed by atoms with van der Waals surface area (Å²) in [5.74, 6) is -1.87. The number of non-ortho nitro benzene ring substituents is 1. The van der Waals surface area contributed by atoms with Gasteiger partial charge in [0.1, 0.15) is 0 Å². The molecule has 29 heavy (non-hydrogen) atoms. The molecule has 0 fully saturated rings. The highest BCUT2D eigenvalue weighted by Crippen LogP contribution is 2.25. The summed E-state index contributed by atoms with van der Waals surface area (Å²) in [7, 11) is 0. The summed E-state index contributed by atoms with van der Waals surface area (Å²) in [6, 6.07) is 21.7. The van der Waals surface area contributed by atoms with Crippen LogP contribution in [0.5, 0.6) is 0 Å². The number of nitrogens with one attached hydrogen (secondary N) is 2. The number of carbonyl (C=O) groups excluding carboxylic acids is 2. The molecule has 0 aromatic heterocycles. The number of halogens is 1. The van der Waals surface area contributed by atoms with E-state index in [2.05, 4.69) is 10.9 Å². The summed E-state index contributed by atoms with van der Waals surface area (Å²) in [6.45, 7) is 0. The third-order valence-electron chi connectivity index (χ3n) is 4.23. The van der Waals surface area contributed by atoms with Gasteiger partial charge in [-0.25, -0.2) is 0 Å². The van der Waals surface area contributed by atoms with Gasteiger partial charge in [0.05, 0.1) is 21.4 Å². The van der Waals surface area contributed by atoms with E-state index in [0.717, 1.165) is 17.2 Å². The van der Waals surface area contributed by atoms with Crippen LogP contribution in [-0.4, -0.2) is 16.7 Å². The SMILES string of the molecule is O=C(NNC(=O)C(c1ccccc1)c1ccccc1)c1cc([N+](=O)[O-])ccc1Cl. The molecule has 3 aromatic carbocycles. The maximum Gasteiger partial charge on any atom is 0.271 e. The van der Waals surface area contributed by atoms with Crippen LogP contribution in [0.15, 0.2) is 78.9 Å². The Kier molecular flexibility index (Phi) is 6.21. The number of amides is 2. The summed E-state index contributed by atoms with van der Waals surface area (Å²) >= 11 is 5.97. The Balaban J connectivity index is 1.80. The van der Waals surface area contributed by atoms with Crippen molar-refractivity contribution in [1.82, 2.24) is 10.9 Å². The number of hydrogen-bond donors (Lipinski definition) is 2. The molecule has 0 spiro atoms. The minimum atomic E-state index is -0.757. The van der Waals surface area contributed by atoms with E-state index < -0.39 is 22.7 Å². The van der Waals surface area contributed by atoms with Gasteiger partial charge in [-0.3, -0.25) is 30.6 Å². The molecule has 2 N–H and O–H groups in total. The molecule has 2 amide bonds. The molecule has 0 saturated heterocycles. The van der Waals surface area contributed by atoms with Crippen molar-refractivity contribution in [2.45, 2.75) is 5.92 Å². The van der Waals surface area contributed by atoms with Crippen LogP contribution >= 0.6 is 11.6 Å². The standard InChI is InChI=1S/C21H16ClN3O4/c22-18-12-11-16(25(28)29)13-17(18)20(26)23-24-21(27)19(14-7-3-1-4-8-14)15-9-5-2-6-10-15/h1-13,19H,(H,23,26)(H,24,27). The average molecular weight is 410 g/mol. The summed E-state index contributed by atoms with van der Waals surface area (Å²) in [5.41, 5.74) is 5.77. The van der Waals surface area contributed by atoms with Crippen molar-refractivity contribution in [1.29, 1.82) is 0 Å². The first-order chi connectivity index (χ1) is 14.0. The van der Waals surface area contributed by atoms with Crippen LogP contribution in [0.25, 0.3) is 0 Å². The molecule has 0 heterocycles. The van der Waals surface area contributed by atoms with E-state index in [0.29, 0.717) is 0 Å². The quantitative estimate of drug-likeness (QED) is 0.493. The van der Waals surface area contributed by atoms with E-state index >= 15 is 0 Å². The number of nitrogens with zero attached hydrogens (tertiary/aromatic N) is 1. The third kappa shape index (κ3) is 4.77. The molecule has 0 bridgehead atoms. The number of carbonyl (C=O) groups is 2. The number of nitro benzene ring substituents is 1. The lowest BCUT2D eigenvalue weighted by Crippen LogP contribution is -2.44. The van der Waals surface area contributed by atoms with Gasteiger partial charge in [-0.1, -0.05) is 72.3 Å². The predicted octanol–water partition coefficient (Wildman–Crippen LogP) is 3.84. The highest BCUT2D eigenvalue weighted by molar-refractivity contribution is 6.34. The maximum atomic E-state index is 12.9. The molecule has 0 aliphatic carbocycles. The molecule has 8 heteroatoms. The second kappa shape index (κ2) is 8.99. The van der Waals surface area contributed by atoms with Gasteiger partial charge in [-0.2, -0.15) is 0 Å². The molecule has 0 saturated carbocycles. The fourth-order valence-corrected chi connectivity index (χ4v) is 3.05. The van der Waals surface area contributed by atoms with Crippen LogP contribution in [0.4, 0.5) is 5.69 Å². The van der Waals surface area contributed by atoms with E-state index in [1.165, 1.54) is 12.1 Å². The highest BCUT2D eigenvalue weighted by atomic mass is 35.5. The van der Waals surface area contributed by atoms with Gasteiger partial charge in [0.25, 0.3) is 11.6 Å². The second-order valence-electron chi connectivity index (χ2n) is 6.12.